The smallest absolute Gasteiger partial charge is 0.237 e. The van der Waals surface area contributed by atoms with E-state index in [1.165, 1.54) is 32.1 Å². The van der Waals surface area contributed by atoms with Gasteiger partial charge in [0.05, 0.1) is 6.04 Å². The third-order valence-corrected chi connectivity index (χ3v) is 5.50. The van der Waals surface area contributed by atoms with Gasteiger partial charge in [0.1, 0.15) is 0 Å². The predicted octanol–water partition coefficient (Wildman–Crippen LogP) is 1.04. The summed E-state index contributed by atoms with van der Waals surface area (Å²) in [5.74, 6) is 1.71. The molecule has 5 unspecified atom stereocenters. The Hall–Kier alpha value is -0.610. The van der Waals surface area contributed by atoms with Crippen LogP contribution in [0.2, 0.25) is 0 Å². The Morgan fingerprint density at radius 1 is 1.16 bits per heavy atom. The summed E-state index contributed by atoms with van der Waals surface area (Å²) >= 11 is 0. The number of fused-ring (bicyclic) bond motifs is 1. The van der Waals surface area contributed by atoms with Crippen molar-refractivity contribution in [2.45, 2.75) is 57.0 Å². The van der Waals surface area contributed by atoms with Crippen LogP contribution in [0.4, 0.5) is 0 Å². The van der Waals surface area contributed by atoms with Gasteiger partial charge in [-0.3, -0.25) is 4.79 Å². The molecule has 0 bridgehead atoms. The number of aliphatic hydroxyl groups excluding tert-OH is 1. The molecule has 1 saturated heterocycles. The molecule has 1 amide bonds. The highest BCUT2D eigenvalue weighted by atomic mass is 16.3. The lowest BCUT2D eigenvalue weighted by molar-refractivity contribution is -0.125. The van der Waals surface area contributed by atoms with E-state index in [-0.39, 0.29) is 30.5 Å². The molecule has 0 aromatic carbocycles. The van der Waals surface area contributed by atoms with Crippen molar-refractivity contribution in [1.82, 2.24) is 10.6 Å². The number of rotatable bonds is 3. The second-order valence-electron chi connectivity index (χ2n) is 6.58. The second kappa shape index (κ2) is 5.80. The summed E-state index contributed by atoms with van der Waals surface area (Å²) in [4.78, 5) is 12.5. The predicted molar refractivity (Wildman–Crippen MR) is 73.6 cm³/mol. The van der Waals surface area contributed by atoms with Crippen LogP contribution in [-0.2, 0) is 4.79 Å². The first-order chi connectivity index (χ1) is 9.29. The third-order valence-electron chi connectivity index (χ3n) is 5.50. The van der Waals surface area contributed by atoms with Crippen LogP contribution >= 0.6 is 0 Å². The Bertz CT molecular complexity index is 334. The fourth-order valence-corrected chi connectivity index (χ4v) is 4.36. The van der Waals surface area contributed by atoms with Crippen LogP contribution in [0.5, 0.6) is 0 Å². The summed E-state index contributed by atoms with van der Waals surface area (Å²) in [6.45, 7) is 1.21. The number of carbonyl (C=O) groups excluding carboxylic acids is 1. The molecule has 0 aromatic rings. The number of hydrogen-bond acceptors (Lipinski definition) is 3. The summed E-state index contributed by atoms with van der Waals surface area (Å²) in [6.07, 6.45) is 8.19. The van der Waals surface area contributed by atoms with Crippen molar-refractivity contribution in [1.29, 1.82) is 0 Å². The molecule has 108 valence electrons. The molecule has 3 fully saturated rings. The molecule has 3 N–H and O–H groups in total. The highest BCUT2D eigenvalue weighted by Gasteiger charge is 2.43. The van der Waals surface area contributed by atoms with Crippen LogP contribution in [0.25, 0.3) is 0 Å². The number of amides is 1. The van der Waals surface area contributed by atoms with Crippen LogP contribution in [0.1, 0.15) is 44.9 Å². The van der Waals surface area contributed by atoms with Gasteiger partial charge in [0.2, 0.25) is 5.91 Å². The standard InChI is InChI=1S/C15H26N2O2/c18-9-11-4-1-2-7-13(11)17-15(19)14-12-6-3-5-10(12)8-16-14/h10-14,16,18H,1-9H2,(H,17,19). The van der Waals surface area contributed by atoms with Gasteiger partial charge < -0.3 is 15.7 Å². The zero-order valence-electron chi connectivity index (χ0n) is 11.6. The normalized spacial score (nSPS) is 42.1. The highest BCUT2D eigenvalue weighted by Crippen LogP contribution is 2.38. The van der Waals surface area contributed by atoms with Gasteiger partial charge >= 0.3 is 0 Å². The first kappa shape index (κ1) is 13.4. The lowest BCUT2D eigenvalue weighted by Gasteiger charge is -2.32. The molecule has 2 saturated carbocycles. The van der Waals surface area contributed by atoms with E-state index in [1.807, 2.05) is 0 Å². The fourth-order valence-electron chi connectivity index (χ4n) is 4.36. The van der Waals surface area contributed by atoms with Gasteiger partial charge in [-0.05, 0) is 44.1 Å². The molecule has 3 rings (SSSR count). The third kappa shape index (κ3) is 2.65. The zero-order chi connectivity index (χ0) is 13.2. The van der Waals surface area contributed by atoms with Crippen LogP contribution < -0.4 is 10.6 Å². The van der Waals surface area contributed by atoms with Crippen LogP contribution in [0.3, 0.4) is 0 Å². The molecule has 0 aromatic heterocycles. The summed E-state index contributed by atoms with van der Waals surface area (Å²) < 4.78 is 0. The number of aliphatic hydroxyl groups is 1. The van der Waals surface area contributed by atoms with E-state index < -0.39 is 0 Å². The molecule has 4 heteroatoms. The first-order valence-electron chi connectivity index (χ1n) is 7.94. The van der Waals surface area contributed by atoms with E-state index >= 15 is 0 Å². The molecule has 19 heavy (non-hydrogen) atoms. The maximum Gasteiger partial charge on any atom is 0.237 e. The van der Waals surface area contributed by atoms with Gasteiger partial charge in [0.15, 0.2) is 0 Å². The Labute approximate surface area is 115 Å². The largest absolute Gasteiger partial charge is 0.396 e. The molecule has 2 aliphatic carbocycles. The molecule has 0 radical (unpaired) electrons. The minimum absolute atomic E-state index is 0.0220. The second-order valence-corrected chi connectivity index (χ2v) is 6.58. The maximum atomic E-state index is 12.5. The van der Waals surface area contributed by atoms with E-state index in [9.17, 15) is 9.90 Å². The summed E-state index contributed by atoms with van der Waals surface area (Å²) in [5, 5.41) is 16.0. The Morgan fingerprint density at radius 2 is 2.00 bits per heavy atom. The lowest BCUT2D eigenvalue weighted by atomic mass is 9.84. The summed E-state index contributed by atoms with van der Waals surface area (Å²) in [6, 6.07) is 0.210. The van der Waals surface area contributed by atoms with Crippen molar-refractivity contribution in [3.8, 4) is 0 Å². The Morgan fingerprint density at radius 3 is 2.84 bits per heavy atom. The van der Waals surface area contributed by atoms with Crippen molar-refractivity contribution in [2.75, 3.05) is 13.2 Å². The first-order valence-corrected chi connectivity index (χ1v) is 7.94. The van der Waals surface area contributed by atoms with Crippen LogP contribution in [0.15, 0.2) is 0 Å². The summed E-state index contributed by atoms with van der Waals surface area (Å²) in [7, 11) is 0. The van der Waals surface area contributed by atoms with E-state index in [0.717, 1.165) is 25.3 Å². The van der Waals surface area contributed by atoms with Gasteiger partial charge in [-0.2, -0.15) is 0 Å². The lowest BCUT2D eigenvalue weighted by Crippen LogP contribution is -2.51. The van der Waals surface area contributed by atoms with E-state index in [1.54, 1.807) is 0 Å². The Kier molecular flexibility index (Phi) is 4.08. The molecule has 5 atom stereocenters. The quantitative estimate of drug-likeness (QED) is 0.715. The molecule has 0 spiro atoms. The molecule has 3 aliphatic rings. The van der Waals surface area contributed by atoms with Crippen LogP contribution in [-0.4, -0.2) is 36.2 Å². The molecule has 1 aliphatic heterocycles. The van der Waals surface area contributed by atoms with Gasteiger partial charge in [0.25, 0.3) is 0 Å². The Balaban J connectivity index is 1.58. The van der Waals surface area contributed by atoms with Crippen molar-refractivity contribution in [3.05, 3.63) is 0 Å². The van der Waals surface area contributed by atoms with E-state index in [2.05, 4.69) is 10.6 Å². The topological polar surface area (TPSA) is 61.4 Å². The maximum absolute atomic E-state index is 12.5. The summed E-state index contributed by atoms with van der Waals surface area (Å²) in [5.41, 5.74) is 0. The minimum atomic E-state index is 0.0220. The minimum Gasteiger partial charge on any atom is -0.396 e. The number of carbonyl (C=O) groups is 1. The average Bonchev–Trinajstić information content (AvgIpc) is 3.01. The molecule has 4 nitrogen and oxygen atoms in total. The van der Waals surface area contributed by atoms with E-state index in [0.29, 0.717) is 5.92 Å². The highest BCUT2D eigenvalue weighted by molar-refractivity contribution is 5.83. The fraction of sp³-hybridized carbons (Fsp3) is 0.933. The van der Waals surface area contributed by atoms with Crippen molar-refractivity contribution >= 4 is 5.91 Å². The van der Waals surface area contributed by atoms with Gasteiger partial charge in [-0.15, -0.1) is 0 Å². The average molecular weight is 266 g/mol. The molecular formula is C15H26N2O2. The number of nitrogens with one attached hydrogen (secondary N) is 2. The van der Waals surface area contributed by atoms with Crippen LogP contribution in [0, 0.1) is 17.8 Å². The van der Waals surface area contributed by atoms with Gasteiger partial charge in [-0.25, -0.2) is 0 Å². The van der Waals surface area contributed by atoms with Gasteiger partial charge in [-0.1, -0.05) is 19.3 Å². The monoisotopic (exact) mass is 266 g/mol. The SMILES string of the molecule is O=C(NC1CCCCC1CO)C1NCC2CCCC21. The number of hydrogen-bond donors (Lipinski definition) is 3. The molecular weight excluding hydrogens is 240 g/mol. The molecule has 1 heterocycles. The van der Waals surface area contributed by atoms with Crippen molar-refractivity contribution in [3.63, 3.8) is 0 Å². The van der Waals surface area contributed by atoms with Crippen molar-refractivity contribution < 1.29 is 9.90 Å². The van der Waals surface area contributed by atoms with Crippen molar-refractivity contribution in [2.24, 2.45) is 17.8 Å². The van der Waals surface area contributed by atoms with E-state index in [4.69, 9.17) is 0 Å². The zero-order valence-corrected chi connectivity index (χ0v) is 11.6. The van der Waals surface area contributed by atoms with Gasteiger partial charge in [0, 0.05) is 18.6 Å².